The lowest BCUT2D eigenvalue weighted by Crippen LogP contribution is -2.63. The molecule has 2 aliphatic heterocycles. The van der Waals surface area contributed by atoms with E-state index in [2.05, 4.69) is 0 Å². The van der Waals surface area contributed by atoms with Gasteiger partial charge in [0.05, 0.1) is 18.1 Å². The molecule has 2 heterocycles. The van der Waals surface area contributed by atoms with E-state index >= 15 is 0 Å². The van der Waals surface area contributed by atoms with Crippen molar-refractivity contribution in [3.63, 3.8) is 0 Å². The van der Waals surface area contributed by atoms with E-state index in [1.54, 1.807) is 6.92 Å². The van der Waals surface area contributed by atoms with E-state index in [9.17, 15) is 19.8 Å². The van der Waals surface area contributed by atoms with Crippen LogP contribution in [0.5, 0.6) is 5.75 Å². The van der Waals surface area contributed by atoms with E-state index in [4.69, 9.17) is 4.74 Å². The summed E-state index contributed by atoms with van der Waals surface area (Å²) in [6.07, 6.45) is -0.816. The smallest absolute Gasteiger partial charge is 0.352 e. The number of aliphatic hydroxyl groups is 1. The highest BCUT2D eigenvalue weighted by Crippen LogP contribution is 2.47. The van der Waals surface area contributed by atoms with Crippen LogP contribution < -0.4 is 4.74 Å². The first-order chi connectivity index (χ1) is 13.9. The second-order valence-electron chi connectivity index (χ2n) is 7.62. The fraction of sp³-hybridized carbons (Fsp3) is 0.304. The molecule has 2 aromatic rings. The zero-order chi connectivity index (χ0) is 20.7. The molecule has 0 bridgehead atoms. The monoisotopic (exact) mass is 393 g/mol. The third kappa shape index (κ3) is 3.19. The number of β-lactam (4-membered cyclic amide) rings is 1. The highest BCUT2D eigenvalue weighted by Gasteiger charge is 2.59. The average molecular weight is 393 g/mol. The molecule has 0 spiro atoms. The number of fused-ring (bicyclic) bond motifs is 1. The second kappa shape index (κ2) is 7.37. The molecule has 0 aliphatic carbocycles. The van der Waals surface area contributed by atoms with Gasteiger partial charge in [-0.1, -0.05) is 49.4 Å². The first-order valence-electron chi connectivity index (χ1n) is 9.66. The van der Waals surface area contributed by atoms with Gasteiger partial charge in [0, 0.05) is 11.5 Å². The van der Waals surface area contributed by atoms with Crippen molar-refractivity contribution in [2.75, 3.05) is 6.61 Å². The molecule has 2 aliphatic rings. The Morgan fingerprint density at radius 2 is 1.83 bits per heavy atom. The van der Waals surface area contributed by atoms with Crippen molar-refractivity contribution in [2.24, 2.45) is 11.8 Å². The zero-order valence-electron chi connectivity index (χ0n) is 16.3. The molecular weight excluding hydrogens is 370 g/mol. The Labute approximate surface area is 169 Å². The van der Waals surface area contributed by atoms with Gasteiger partial charge >= 0.3 is 5.97 Å². The normalized spacial score (nSPS) is 24.2. The van der Waals surface area contributed by atoms with Crippen LogP contribution >= 0.6 is 0 Å². The molecule has 0 aromatic heterocycles. The summed E-state index contributed by atoms with van der Waals surface area (Å²) in [4.78, 5) is 25.6. The number of hydrogen-bond acceptors (Lipinski definition) is 4. The van der Waals surface area contributed by atoms with Crippen LogP contribution in [0.4, 0.5) is 0 Å². The van der Waals surface area contributed by atoms with Crippen molar-refractivity contribution in [3.8, 4) is 16.9 Å². The molecule has 6 heteroatoms. The molecule has 2 aromatic carbocycles. The van der Waals surface area contributed by atoms with Gasteiger partial charge in [-0.2, -0.15) is 0 Å². The summed E-state index contributed by atoms with van der Waals surface area (Å²) < 4.78 is 5.94. The van der Waals surface area contributed by atoms with Gasteiger partial charge in [0.1, 0.15) is 18.1 Å². The number of rotatable bonds is 6. The molecule has 1 saturated heterocycles. The third-order valence-electron chi connectivity index (χ3n) is 5.85. The van der Waals surface area contributed by atoms with E-state index in [0.29, 0.717) is 11.3 Å². The maximum Gasteiger partial charge on any atom is 0.352 e. The fourth-order valence-electron chi connectivity index (χ4n) is 4.39. The molecule has 2 N–H and O–H groups in total. The molecule has 4 rings (SSSR count). The maximum absolute atomic E-state index is 12.4. The zero-order valence-corrected chi connectivity index (χ0v) is 16.3. The largest absolute Gasteiger partial charge is 0.489 e. The Bertz CT molecular complexity index is 982. The van der Waals surface area contributed by atoms with E-state index < -0.39 is 18.0 Å². The Kier molecular flexibility index (Phi) is 4.88. The van der Waals surface area contributed by atoms with Crippen molar-refractivity contribution in [2.45, 2.75) is 26.0 Å². The van der Waals surface area contributed by atoms with Gasteiger partial charge in [-0.05, 0) is 30.2 Å². The first kappa shape index (κ1) is 19.2. The van der Waals surface area contributed by atoms with Crippen LogP contribution in [0.1, 0.15) is 13.8 Å². The summed E-state index contributed by atoms with van der Waals surface area (Å²) >= 11 is 0. The minimum atomic E-state index is -1.15. The van der Waals surface area contributed by atoms with E-state index in [1.807, 2.05) is 61.5 Å². The van der Waals surface area contributed by atoms with Crippen LogP contribution in [0.3, 0.4) is 0 Å². The minimum absolute atomic E-state index is 0.0105. The molecule has 4 atom stereocenters. The van der Waals surface area contributed by atoms with Crippen LogP contribution in [0.2, 0.25) is 0 Å². The summed E-state index contributed by atoms with van der Waals surface area (Å²) in [5.74, 6) is -1.62. The molecule has 1 amide bonds. The van der Waals surface area contributed by atoms with Crippen molar-refractivity contribution in [1.29, 1.82) is 0 Å². The Morgan fingerprint density at radius 3 is 2.48 bits per heavy atom. The molecule has 0 saturated carbocycles. The van der Waals surface area contributed by atoms with Crippen molar-refractivity contribution >= 4 is 11.9 Å². The molecule has 0 unspecified atom stereocenters. The number of carbonyl (C=O) groups is 2. The predicted octanol–water partition coefficient (Wildman–Crippen LogP) is 2.93. The lowest BCUT2D eigenvalue weighted by atomic mass is 9.78. The Morgan fingerprint density at radius 1 is 1.14 bits per heavy atom. The average Bonchev–Trinajstić information content (AvgIpc) is 2.95. The maximum atomic E-state index is 12.4. The molecule has 0 radical (unpaired) electrons. The SMILES string of the molecule is C[C@@H](O)[C@H]1C(=O)N2C(C(=O)O)=C(COc3cccc(-c4ccccc4)c3)[C@H](C)[C@H]12. The van der Waals surface area contributed by atoms with Gasteiger partial charge in [-0.15, -0.1) is 0 Å². The van der Waals surface area contributed by atoms with Gasteiger partial charge in [-0.3, -0.25) is 4.79 Å². The summed E-state index contributed by atoms with van der Waals surface area (Å²) in [5.41, 5.74) is 2.63. The quantitative estimate of drug-likeness (QED) is 0.737. The van der Waals surface area contributed by atoms with Crippen molar-refractivity contribution < 1.29 is 24.5 Å². The van der Waals surface area contributed by atoms with Crippen LogP contribution in [0, 0.1) is 11.8 Å². The van der Waals surface area contributed by atoms with Crippen molar-refractivity contribution in [1.82, 2.24) is 4.90 Å². The van der Waals surface area contributed by atoms with Crippen molar-refractivity contribution in [3.05, 3.63) is 65.9 Å². The Balaban J connectivity index is 1.57. The standard InChI is InChI=1S/C23H23NO5/c1-13-18(21(23(27)28)24-20(13)19(14(2)25)22(24)26)12-29-17-10-6-9-16(11-17)15-7-4-3-5-8-15/h3-11,13-14,19-20,25H,12H2,1-2H3,(H,27,28)/t13-,14+,19+,20+/m0/s1. The predicted molar refractivity (Wildman–Crippen MR) is 107 cm³/mol. The van der Waals surface area contributed by atoms with Crippen LogP contribution in [0.25, 0.3) is 11.1 Å². The van der Waals surface area contributed by atoms with Crippen LogP contribution in [-0.4, -0.2) is 45.7 Å². The first-order valence-corrected chi connectivity index (χ1v) is 9.66. The number of amides is 1. The Hall–Kier alpha value is -3.12. The van der Waals surface area contributed by atoms with Gasteiger partial charge in [0.25, 0.3) is 0 Å². The number of aliphatic carboxylic acids is 1. The second-order valence-corrected chi connectivity index (χ2v) is 7.62. The van der Waals surface area contributed by atoms with Gasteiger partial charge in [0.2, 0.25) is 5.91 Å². The van der Waals surface area contributed by atoms with Gasteiger partial charge in [0.15, 0.2) is 0 Å². The number of carboxylic acids is 1. The molecular formula is C23H23NO5. The summed E-state index contributed by atoms with van der Waals surface area (Å²) in [6, 6.07) is 17.2. The number of ether oxygens (including phenoxy) is 1. The lowest BCUT2D eigenvalue weighted by molar-refractivity contribution is -0.163. The molecule has 150 valence electrons. The number of carboxylic acid groups (broad SMARTS) is 1. The van der Waals surface area contributed by atoms with Crippen LogP contribution in [-0.2, 0) is 9.59 Å². The highest BCUT2D eigenvalue weighted by atomic mass is 16.5. The lowest BCUT2D eigenvalue weighted by Gasteiger charge is -2.46. The molecule has 1 fully saturated rings. The molecule has 29 heavy (non-hydrogen) atoms. The van der Waals surface area contributed by atoms with Gasteiger partial charge in [-0.25, -0.2) is 4.79 Å². The summed E-state index contributed by atoms with van der Waals surface area (Å²) in [5, 5.41) is 19.6. The number of hydrogen-bond donors (Lipinski definition) is 2. The van der Waals surface area contributed by atoms with Crippen LogP contribution in [0.15, 0.2) is 65.9 Å². The minimum Gasteiger partial charge on any atom is -0.489 e. The van der Waals surface area contributed by atoms with E-state index in [1.165, 1.54) is 4.90 Å². The highest BCUT2D eigenvalue weighted by molar-refractivity contribution is 6.00. The van der Waals surface area contributed by atoms with E-state index in [0.717, 1.165) is 11.1 Å². The number of benzene rings is 2. The van der Waals surface area contributed by atoms with E-state index in [-0.39, 0.29) is 30.2 Å². The van der Waals surface area contributed by atoms with Gasteiger partial charge < -0.3 is 19.8 Å². The third-order valence-corrected chi connectivity index (χ3v) is 5.85. The number of nitrogens with zero attached hydrogens (tertiary/aromatic N) is 1. The number of aliphatic hydroxyl groups excluding tert-OH is 1. The fourth-order valence-corrected chi connectivity index (χ4v) is 4.39. The topological polar surface area (TPSA) is 87.1 Å². The summed E-state index contributed by atoms with van der Waals surface area (Å²) in [7, 11) is 0. The molecule has 6 nitrogen and oxygen atoms in total. The summed E-state index contributed by atoms with van der Waals surface area (Å²) in [6.45, 7) is 3.53. The number of carbonyl (C=O) groups excluding carboxylic acids is 1.